The minimum atomic E-state index is -0.677. The smallest absolute Gasteiger partial charge is 0.303 e. The van der Waals surface area contributed by atoms with E-state index < -0.39 is 5.97 Å². The van der Waals surface area contributed by atoms with E-state index >= 15 is 0 Å². The van der Waals surface area contributed by atoms with Gasteiger partial charge in [-0.1, -0.05) is 102 Å². The van der Waals surface area contributed by atoms with E-state index in [9.17, 15) is 4.79 Å². The molecule has 192 valence electrons. The molecule has 35 heavy (non-hydrogen) atoms. The van der Waals surface area contributed by atoms with Crippen LogP contribution in [-0.2, 0) is 16.6 Å². The predicted octanol–water partition coefficient (Wildman–Crippen LogP) is 8.67. The number of nitrogens with zero attached hydrogens (tertiary/aromatic N) is 2. The fraction of sp³-hybridized carbons (Fsp3) is 0.645. The summed E-state index contributed by atoms with van der Waals surface area (Å²) in [5, 5.41) is 8.82. The molecule has 2 aromatic rings. The number of hydrogen-bond acceptors (Lipinski definition) is 3. The van der Waals surface area contributed by atoms with E-state index in [1.54, 1.807) is 0 Å². The number of benzene rings is 1. The van der Waals surface area contributed by atoms with Gasteiger partial charge in [0.05, 0.1) is 0 Å². The van der Waals surface area contributed by atoms with Crippen LogP contribution < -0.4 is 0 Å². The minimum absolute atomic E-state index is 0.298. The van der Waals surface area contributed by atoms with Gasteiger partial charge in [0, 0.05) is 24.4 Å². The fourth-order valence-electron chi connectivity index (χ4n) is 5.72. The molecule has 1 aliphatic carbocycles. The van der Waals surface area contributed by atoms with Crippen LogP contribution in [0.4, 0.5) is 0 Å². The zero-order valence-electron chi connectivity index (χ0n) is 21.9. The van der Waals surface area contributed by atoms with Crippen molar-refractivity contribution in [3.05, 3.63) is 47.8 Å². The van der Waals surface area contributed by atoms with E-state index in [4.69, 9.17) is 5.11 Å². The maximum atomic E-state index is 10.7. The Bertz CT molecular complexity index is 855. The first-order chi connectivity index (χ1) is 17.1. The summed E-state index contributed by atoms with van der Waals surface area (Å²) in [5.74, 6) is 0.142. The number of carboxylic acid groups (broad SMARTS) is 1. The molecule has 0 bridgehead atoms. The Morgan fingerprint density at radius 3 is 2.09 bits per heavy atom. The van der Waals surface area contributed by atoms with Gasteiger partial charge in [0.25, 0.3) is 0 Å². The largest absolute Gasteiger partial charge is 0.481 e. The summed E-state index contributed by atoms with van der Waals surface area (Å²) in [6.45, 7) is 2.27. The molecule has 1 fully saturated rings. The molecule has 0 saturated heterocycles. The van der Waals surface area contributed by atoms with E-state index in [1.165, 1.54) is 94.6 Å². The quantitative estimate of drug-likeness (QED) is 0.231. The Kier molecular flexibility index (Phi) is 11.7. The Morgan fingerprint density at radius 1 is 0.829 bits per heavy atom. The second-order valence-corrected chi connectivity index (χ2v) is 10.7. The topological polar surface area (TPSA) is 63.1 Å². The molecular weight excluding hydrogens is 432 g/mol. The Morgan fingerprint density at radius 2 is 1.43 bits per heavy atom. The van der Waals surface area contributed by atoms with Crippen molar-refractivity contribution in [2.24, 2.45) is 0 Å². The highest BCUT2D eigenvalue weighted by molar-refractivity contribution is 5.66. The van der Waals surface area contributed by atoms with E-state index in [0.717, 1.165) is 37.1 Å². The summed E-state index contributed by atoms with van der Waals surface area (Å²) in [5.41, 5.74) is 4.09. The van der Waals surface area contributed by atoms with Gasteiger partial charge in [-0.05, 0) is 55.1 Å². The van der Waals surface area contributed by atoms with Gasteiger partial charge in [-0.25, -0.2) is 9.97 Å². The van der Waals surface area contributed by atoms with Crippen molar-refractivity contribution >= 4 is 5.97 Å². The molecule has 1 N–H and O–H groups in total. The summed E-state index contributed by atoms with van der Waals surface area (Å²) in [7, 11) is 0. The molecule has 4 heteroatoms. The lowest BCUT2D eigenvalue weighted by Crippen LogP contribution is -2.22. The number of carbonyl (C=O) groups is 1. The minimum Gasteiger partial charge on any atom is -0.481 e. The van der Waals surface area contributed by atoms with E-state index in [2.05, 4.69) is 41.2 Å². The van der Waals surface area contributed by atoms with Crippen molar-refractivity contribution in [2.45, 2.75) is 128 Å². The lowest BCUT2D eigenvalue weighted by Gasteiger charge is -2.30. The highest BCUT2D eigenvalue weighted by Gasteiger charge is 2.34. The molecule has 0 radical (unpaired) electrons. The van der Waals surface area contributed by atoms with Gasteiger partial charge in [-0.3, -0.25) is 4.79 Å². The standard InChI is InChI=1S/C31H46N2O2/c1-2-3-4-5-6-7-10-15-26-24-32-30(33-25-26)27-17-19-28(20-18-27)31(22-13-14-23-31)21-12-9-8-11-16-29(34)35/h17-20,24-25H,2-16,21-23H2,1H3,(H,34,35). The molecule has 0 amide bonds. The van der Waals surface area contributed by atoms with Crippen LogP contribution in [0.25, 0.3) is 11.4 Å². The molecule has 0 spiro atoms. The van der Waals surface area contributed by atoms with Gasteiger partial charge in [0.2, 0.25) is 0 Å². The third-order valence-electron chi connectivity index (χ3n) is 7.89. The fourth-order valence-corrected chi connectivity index (χ4v) is 5.72. The first-order valence-corrected chi connectivity index (χ1v) is 14.3. The van der Waals surface area contributed by atoms with Crippen LogP contribution in [0.3, 0.4) is 0 Å². The van der Waals surface area contributed by atoms with Crippen LogP contribution in [0.5, 0.6) is 0 Å². The third-order valence-corrected chi connectivity index (χ3v) is 7.89. The molecule has 1 aromatic heterocycles. The molecular formula is C31H46N2O2. The van der Waals surface area contributed by atoms with Gasteiger partial charge in [0.15, 0.2) is 5.82 Å². The molecule has 0 aliphatic heterocycles. The number of unbranched alkanes of at least 4 members (excludes halogenated alkanes) is 9. The highest BCUT2D eigenvalue weighted by Crippen LogP contribution is 2.45. The van der Waals surface area contributed by atoms with Crippen molar-refractivity contribution < 1.29 is 9.90 Å². The number of rotatable bonds is 17. The van der Waals surface area contributed by atoms with Gasteiger partial charge in [-0.15, -0.1) is 0 Å². The van der Waals surface area contributed by atoms with Crippen molar-refractivity contribution in [3.63, 3.8) is 0 Å². The molecule has 1 heterocycles. The molecule has 1 aliphatic rings. The summed E-state index contributed by atoms with van der Waals surface area (Å²) >= 11 is 0. The van der Waals surface area contributed by atoms with Crippen LogP contribution in [0.1, 0.15) is 127 Å². The SMILES string of the molecule is CCCCCCCCCc1cnc(-c2ccc(C3(CCCCCCC(=O)O)CCCC3)cc2)nc1. The summed E-state index contributed by atoms with van der Waals surface area (Å²) in [4.78, 5) is 20.0. The van der Waals surface area contributed by atoms with Crippen molar-refractivity contribution in [1.29, 1.82) is 0 Å². The van der Waals surface area contributed by atoms with E-state index in [-0.39, 0.29) is 0 Å². The third kappa shape index (κ3) is 9.05. The summed E-state index contributed by atoms with van der Waals surface area (Å²) in [6.07, 6.45) is 25.2. The monoisotopic (exact) mass is 478 g/mol. The Balaban J connectivity index is 1.48. The van der Waals surface area contributed by atoms with E-state index in [0.29, 0.717) is 11.8 Å². The summed E-state index contributed by atoms with van der Waals surface area (Å²) < 4.78 is 0. The molecule has 0 unspecified atom stereocenters. The average Bonchev–Trinajstić information content (AvgIpc) is 3.36. The second-order valence-electron chi connectivity index (χ2n) is 10.7. The molecule has 4 nitrogen and oxygen atoms in total. The van der Waals surface area contributed by atoms with Crippen LogP contribution in [0, 0.1) is 0 Å². The number of aryl methyl sites for hydroxylation is 1. The highest BCUT2D eigenvalue weighted by atomic mass is 16.4. The molecule has 1 aromatic carbocycles. The number of carboxylic acids is 1. The van der Waals surface area contributed by atoms with Crippen LogP contribution >= 0.6 is 0 Å². The normalized spacial score (nSPS) is 14.9. The molecule has 1 saturated carbocycles. The van der Waals surface area contributed by atoms with Crippen LogP contribution in [0.15, 0.2) is 36.7 Å². The lowest BCUT2D eigenvalue weighted by molar-refractivity contribution is -0.137. The van der Waals surface area contributed by atoms with Gasteiger partial charge in [-0.2, -0.15) is 0 Å². The zero-order valence-corrected chi connectivity index (χ0v) is 21.9. The first kappa shape index (κ1) is 27.4. The Labute approximate surface area is 213 Å². The first-order valence-electron chi connectivity index (χ1n) is 14.3. The number of aliphatic carboxylic acids is 1. The predicted molar refractivity (Wildman–Crippen MR) is 145 cm³/mol. The van der Waals surface area contributed by atoms with Crippen molar-refractivity contribution in [3.8, 4) is 11.4 Å². The number of hydrogen-bond donors (Lipinski definition) is 1. The van der Waals surface area contributed by atoms with Crippen LogP contribution in [0.2, 0.25) is 0 Å². The second kappa shape index (κ2) is 15.0. The van der Waals surface area contributed by atoms with Gasteiger partial charge >= 0.3 is 5.97 Å². The number of aromatic nitrogens is 2. The van der Waals surface area contributed by atoms with Crippen LogP contribution in [-0.4, -0.2) is 21.0 Å². The van der Waals surface area contributed by atoms with Gasteiger partial charge < -0.3 is 5.11 Å². The molecule has 0 atom stereocenters. The lowest BCUT2D eigenvalue weighted by atomic mass is 9.74. The Hall–Kier alpha value is -2.23. The maximum absolute atomic E-state index is 10.7. The van der Waals surface area contributed by atoms with E-state index in [1.807, 2.05) is 12.4 Å². The van der Waals surface area contributed by atoms with Crippen molar-refractivity contribution in [1.82, 2.24) is 9.97 Å². The average molecular weight is 479 g/mol. The van der Waals surface area contributed by atoms with Crippen molar-refractivity contribution in [2.75, 3.05) is 0 Å². The maximum Gasteiger partial charge on any atom is 0.303 e. The van der Waals surface area contributed by atoms with Gasteiger partial charge in [0.1, 0.15) is 0 Å². The summed E-state index contributed by atoms with van der Waals surface area (Å²) in [6, 6.07) is 9.02. The zero-order chi connectivity index (χ0) is 24.8. The molecule has 3 rings (SSSR count).